The molecule has 4 aliphatic carbocycles. The summed E-state index contributed by atoms with van der Waals surface area (Å²) in [7, 11) is 0. The third-order valence-electron chi connectivity index (χ3n) is 8.46. The predicted octanol–water partition coefficient (Wildman–Crippen LogP) is 4.33. The average molecular weight is 369 g/mol. The van der Waals surface area contributed by atoms with Crippen molar-refractivity contribution in [3.05, 3.63) is 0 Å². The van der Waals surface area contributed by atoms with Gasteiger partial charge in [-0.3, -0.25) is 4.79 Å². The molecular weight excluding hydrogens is 340 g/mol. The monoisotopic (exact) mass is 368 g/mol. The minimum Gasteiger partial charge on any atom is -0.393 e. The highest BCUT2D eigenvalue weighted by atomic mass is 79.9. The van der Waals surface area contributed by atoms with Gasteiger partial charge in [0.05, 0.1) is 10.9 Å². The van der Waals surface area contributed by atoms with Crippen LogP contribution >= 0.6 is 15.9 Å². The van der Waals surface area contributed by atoms with Gasteiger partial charge in [-0.15, -0.1) is 0 Å². The molecule has 8 atom stereocenters. The molecule has 4 aliphatic rings. The number of hydrogen-bond acceptors (Lipinski definition) is 2. The second-order valence-corrected chi connectivity index (χ2v) is 10.1. The van der Waals surface area contributed by atoms with E-state index in [0.717, 1.165) is 31.1 Å². The van der Waals surface area contributed by atoms with Crippen LogP contribution in [0.5, 0.6) is 0 Å². The first kappa shape index (κ1) is 15.6. The number of aliphatic hydroxyl groups excluding tert-OH is 1. The summed E-state index contributed by atoms with van der Waals surface area (Å²) in [5, 5.41) is 10.5. The third-order valence-corrected chi connectivity index (χ3v) is 9.61. The maximum absolute atomic E-state index is 12.1. The van der Waals surface area contributed by atoms with E-state index < -0.39 is 0 Å². The molecule has 0 aromatic rings. The minimum atomic E-state index is -0.0826. The van der Waals surface area contributed by atoms with Crippen molar-refractivity contribution in [1.29, 1.82) is 0 Å². The van der Waals surface area contributed by atoms with E-state index in [4.69, 9.17) is 0 Å². The fourth-order valence-electron chi connectivity index (χ4n) is 7.06. The zero-order valence-electron chi connectivity index (χ0n) is 13.9. The molecule has 2 nitrogen and oxygen atoms in total. The van der Waals surface area contributed by atoms with Crippen LogP contribution in [0, 0.1) is 34.5 Å². The highest BCUT2D eigenvalue weighted by molar-refractivity contribution is 9.10. The molecule has 0 aliphatic heterocycles. The Bertz CT molecular complexity index is 492. The smallest absolute Gasteiger partial charge is 0.146 e. The van der Waals surface area contributed by atoms with Crippen molar-refractivity contribution in [2.24, 2.45) is 34.5 Å². The van der Waals surface area contributed by atoms with E-state index in [2.05, 4.69) is 29.8 Å². The van der Waals surface area contributed by atoms with Crippen molar-refractivity contribution in [1.82, 2.24) is 0 Å². The molecule has 124 valence electrons. The summed E-state index contributed by atoms with van der Waals surface area (Å²) >= 11 is 3.73. The molecule has 0 amide bonds. The molecule has 0 unspecified atom stereocenters. The van der Waals surface area contributed by atoms with Crippen molar-refractivity contribution in [3.63, 3.8) is 0 Å². The van der Waals surface area contributed by atoms with Gasteiger partial charge in [-0.05, 0) is 79.4 Å². The topological polar surface area (TPSA) is 37.3 Å². The lowest BCUT2D eigenvalue weighted by molar-refractivity contribution is -0.140. The molecule has 0 saturated heterocycles. The van der Waals surface area contributed by atoms with Gasteiger partial charge in [0, 0.05) is 6.42 Å². The van der Waals surface area contributed by atoms with E-state index in [0.29, 0.717) is 23.0 Å². The molecule has 0 bridgehead atoms. The van der Waals surface area contributed by atoms with E-state index in [1.54, 1.807) is 0 Å². The lowest BCUT2D eigenvalue weighted by Crippen LogP contribution is -2.56. The van der Waals surface area contributed by atoms with Crippen molar-refractivity contribution < 1.29 is 9.90 Å². The Morgan fingerprint density at radius 2 is 1.64 bits per heavy atom. The largest absolute Gasteiger partial charge is 0.393 e. The Morgan fingerprint density at radius 3 is 2.41 bits per heavy atom. The average Bonchev–Trinajstić information content (AvgIpc) is 2.79. The van der Waals surface area contributed by atoms with Gasteiger partial charge in [0.1, 0.15) is 5.78 Å². The molecule has 3 heteroatoms. The molecule has 0 aromatic heterocycles. The number of carbonyl (C=O) groups is 1. The molecule has 0 aromatic carbocycles. The Labute approximate surface area is 142 Å². The van der Waals surface area contributed by atoms with Crippen LogP contribution in [0.1, 0.15) is 65.2 Å². The molecule has 22 heavy (non-hydrogen) atoms. The Hall–Kier alpha value is 0.110. The maximum atomic E-state index is 12.1. The lowest BCUT2D eigenvalue weighted by Gasteiger charge is -2.60. The Kier molecular flexibility index (Phi) is 3.59. The number of Topliss-reactive ketones (excluding diaryl/α,β-unsaturated/α-hetero) is 1. The molecule has 1 N–H and O–H groups in total. The number of ketones is 1. The summed E-state index contributed by atoms with van der Waals surface area (Å²) in [6, 6.07) is 0. The normalized spacial score (nSPS) is 57.9. The van der Waals surface area contributed by atoms with E-state index in [-0.39, 0.29) is 16.3 Å². The van der Waals surface area contributed by atoms with Crippen LogP contribution in [0.4, 0.5) is 0 Å². The number of alkyl halides is 1. The fourth-order valence-corrected chi connectivity index (χ4v) is 8.16. The Morgan fingerprint density at radius 1 is 0.955 bits per heavy atom. The SMILES string of the molecule is C[C@]12CCC(=O)[C@@H](Br)[C@H]1CC[C@H]1[C@H]2CC[C@]2(C)[C@H](O)CC[C@@H]12. The molecule has 0 spiro atoms. The van der Waals surface area contributed by atoms with Crippen LogP contribution in [0.15, 0.2) is 0 Å². The van der Waals surface area contributed by atoms with Gasteiger partial charge in [-0.1, -0.05) is 29.8 Å². The number of aliphatic hydroxyl groups is 1. The van der Waals surface area contributed by atoms with E-state index in [1.807, 2.05) is 0 Å². The summed E-state index contributed by atoms with van der Waals surface area (Å²) in [4.78, 5) is 12.2. The number of carbonyl (C=O) groups excluding carboxylic acids is 1. The van der Waals surface area contributed by atoms with E-state index in [1.165, 1.54) is 32.1 Å². The molecule has 0 heterocycles. The van der Waals surface area contributed by atoms with Crippen LogP contribution in [-0.4, -0.2) is 21.8 Å². The summed E-state index contributed by atoms with van der Waals surface area (Å²) < 4.78 is 0. The Balaban J connectivity index is 1.65. The van der Waals surface area contributed by atoms with Crippen molar-refractivity contribution in [2.75, 3.05) is 0 Å². The number of rotatable bonds is 0. The van der Waals surface area contributed by atoms with Gasteiger partial charge in [-0.2, -0.15) is 0 Å². The zero-order valence-corrected chi connectivity index (χ0v) is 15.4. The number of hydrogen-bond donors (Lipinski definition) is 1. The summed E-state index contributed by atoms with van der Waals surface area (Å²) in [5.41, 5.74) is 0.502. The zero-order chi connectivity index (χ0) is 15.7. The number of halogens is 1. The van der Waals surface area contributed by atoms with Crippen LogP contribution in [0.2, 0.25) is 0 Å². The first-order valence-corrected chi connectivity index (χ1v) is 10.1. The summed E-state index contributed by atoms with van der Waals surface area (Å²) in [6.07, 6.45) is 8.90. The summed E-state index contributed by atoms with van der Waals surface area (Å²) in [6.45, 7) is 4.82. The fraction of sp³-hybridized carbons (Fsp3) is 0.947. The molecule has 4 rings (SSSR count). The minimum absolute atomic E-state index is 0.0826. The van der Waals surface area contributed by atoms with E-state index >= 15 is 0 Å². The second kappa shape index (κ2) is 5.05. The lowest BCUT2D eigenvalue weighted by atomic mass is 9.45. The summed E-state index contributed by atoms with van der Waals surface area (Å²) in [5.74, 6) is 3.22. The van der Waals surface area contributed by atoms with Gasteiger partial charge in [0.2, 0.25) is 0 Å². The van der Waals surface area contributed by atoms with Crippen LogP contribution in [0.3, 0.4) is 0 Å². The quantitative estimate of drug-likeness (QED) is 0.646. The molecular formula is C19H29BrO2. The van der Waals surface area contributed by atoms with Crippen LogP contribution in [0.25, 0.3) is 0 Å². The van der Waals surface area contributed by atoms with Crippen LogP contribution in [-0.2, 0) is 4.79 Å². The highest BCUT2D eigenvalue weighted by Crippen LogP contribution is 2.66. The highest BCUT2D eigenvalue weighted by Gasteiger charge is 2.61. The van der Waals surface area contributed by atoms with Gasteiger partial charge in [-0.25, -0.2) is 0 Å². The predicted molar refractivity (Wildman–Crippen MR) is 90.8 cm³/mol. The van der Waals surface area contributed by atoms with Gasteiger partial charge >= 0.3 is 0 Å². The first-order valence-electron chi connectivity index (χ1n) is 9.23. The number of fused-ring (bicyclic) bond motifs is 5. The second-order valence-electron chi connectivity index (χ2n) is 9.07. The van der Waals surface area contributed by atoms with Crippen molar-refractivity contribution in [3.8, 4) is 0 Å². The molecule has 4 saturated carbocycles. The maximum Gasteiger partial charge on any atom is 0.146 e. The van der Waals surface area contributed by atoms with Crippen molar-refractivity contribution >= 4 is 21.7 Å². The van der Waals surface area contributed by atoms with Crippen molar-refractivity contribution in [2.45, 2.75) is 76.1 Å². The van der Waals surface area contributed by atoms with Gasteiger partial charge in [0.15, 0.2) is 0 Å². The third kappa shape index (κ3) is 1.90. The van der Waals surface area contributed by atoms with Crippen LogP contribution < -0.4 is 0 Å². The van der Waals surface area contributed by atoms with Gasteiger partial charge < -0.3 is 5.11 Å². The molecule has 4 fully saturated rings. The van der Waals surface area contributed by atoms with Gasteiger partial charge in [0.25, 0.3) is 0 Å². The standard InChI is InChI=1S/C19H29BrO2/c1-18-10-8-15(21)17(20)14(18)4-3-11-12-5-6-16(22)19(12,2)9-7-13(11)18/h11-14,16-17,22H,3-10H2,1-2H3/t11-,12+,13-,14-,16-,17+,18-,19+/m1/s1. The van der Waals surface area contributed by atoms with E-state index in [9.17, 15) is 9.90 Å². The molecule has 0 radical (unpaired) electrons. The first-order chi connectivity index (χ1) is 10.4.